The molecule has 138 valence electrons. The smallest absolute Gasteiger partial charge is 0.305 e. The third kappa shape index (κ3) is 3.21. The van der Waals surface area contributed by atoms with Gasteiger partial charge in [0.2, 0.25) is 5.88 Å². The van der Waals surface area contributed by atoms with E-state index in [2.05, 4.69) is 22.1 Å². The van der Waals surface area contributed by atoms with Crippen molar-refractivity contribution in [3.63, 3.8) is 0 Å². The summed E-state index contributed by atoms with van der Waals surface area (Å²) in [5.41, 5.74) is 1.55. The molecule has 8 nitrogen and oxygen atoms in total. The van der Waals surface area contributed by atoms with Gasteiger partial charge in [-0.05, 0) is 42.9 Å². The minimum Gasteiger partial charge on any atom is -0.493 e. The topological polar surface area (TPSA) is 121 Å². The number of fused-ring (bicyclic) bond motifs is 2. The van der Waals surface area contributed by atoms with E-state index in [4.69, 9.17) is 0 Å². The number of H-pyrrole nitrogens is 1. The molecule has 0 saturated heterocycles. The summed E-state index contributed by atoms with van der Waals surface area (Å²) in [5.74, 6) is -0.168. The van der Waals surface area contributed by atoms with Gasteiger partial charge in [-0.2, -0.15) is 0 Å². The van der Waals surface area contributed by atoms with E-state index >= 15 is 0 Å². The van der Waals surface area contributed by atoms with Crippen LogP contribution in [0.25, 0.3) is 10.9 Å². The first-order valence-electron chi connectivity index (χ1n) is 8.49. The quantitative estimate of drug-likeness (QED) is 0.379. The van der Waals surface area contributed by atoms with Crippen molar-refractivity contribution in [1.82, 2.24) is 4.98 Å². The minimum absolute atomic E-state index is 0.0111. The van der Waals surface area contributed by atoms with Crippen LogP contribution in [0.5, 0.6) is 5.88 Å². The lowest BCUT2D eigenvalue weighted by Gasteiger charge is -2.16. The van der Waals surface area contributed by atoms with E-state index in [0.717, 1.165) is 19.3 Å². The summed E-state index contributed by atoms with van der Waals surface area (Å²) in [4.78, 5) is 27.2. The number of nitro groups is 1. The molecule has 1 atom stereocenters. The number of non-ortho nitro benzene ring substituents is 1. The van der Waals surface area contributed by atoms with E-state index in [1.54, 1.807) is 0 Å². The third-order valence-electron chi connectivity index (χ3n) is 4.73. The fourth-order valence-corrected chi connectivity index (χ4v) is 4.41. The number of amides is 1. The first-order valence-corrected chi connectivity index (χ1v) is 9.30. The highest BCUT2D eigenvalue weighted by Crippen LogP contribution is 2.38. The number of aryl methyl sites for hydroxylation is 1. The fourth-order valence-electron chi connectivity index (χ4n) is 3.32. The average Bonchev–Trinajstić information content (AvgIpc) is 3.18. The largest absolute Gasteiger partial charge is 0.493 e. The van der Waals surface area contributed by atoms with Gasteiger partial charge in [0.05, 0.1) is 15.3 Å². The third-order valence-corrected chi connectivity index (χ3v) is 5.95. The number of benzene rings is 1. The highest BCUT2D eigenvalue weighted by Gasteiger charge is 2.21. The van der Waals surface area contributed by atoms with E-state index < -0.39 is 10.8 Å². The lowest BCUT2D eigenvalue weighted by atomic mass is 9.90. The van der Waals surface area contributed by atoms with Gasteiger partial charge in [-0.1, -0.05) is 6.92 Å². The average molecular weight is 384 g/mol. The number of azo groups is 1. The van der Waals surface area contributed by atoms with Crippen molar-refractivity contribution < 1.29 is 14.8 Å². The van der Waals surface area contributed by atoms with Gasteiger partial charge < -0.3 is 10.1 Å². The van der Waals surface area contributed by atoms with Crippen molar-refractivity contribution in [1.29, 1.82) is 0 Å². The highest BCUT2D eigenvalue weighted by atomic mass is 32.1. The molecule has 1 amide bonds. The van der Waals surface area contributed by atoms with Crippen LogP contribution < -0.4 is 0 Å². The number of aromatic amines is 1. The predicted octanol–water partition coefficient (Wildman–Crippen LogP) is 4.89. The fraction of sp³-hybridized carbons (Fsp3) is 0.278. The van der Waals surface area contributed by atoms with Crippen LogP contribution in [-0.4, -0.2) is 20.9 Å². The van der Waals surface area contributed by atoms with Gasteiger partial charge in [0, 0.05) is 22.4 Å². The Morgan fingerprint density at radius 1 is 1.41 bits per heavy atom. The Hall–Kier alpha value is -3.07. The summed E-state index contributed by atoms with van der Waals surface area (Å²) in [6.45, 7) is 2.20. The first-order chi connectivity index (χ1) is 12.9. The number of carbonyl (C=O) groups excluding carboxylic acids is 1. The number of nitrogens with one attached hydrogen (secondary N) is 1. The zero-order valence-electron chi connectivity index (χ0n) is 14.4. The SMILES string of the molecule is C[C@H]1CCc2sc(C(=O)N=Nc3c(O)[nH]c4ccc([N+](=O)[O-])cc34)cc2C1. The van der Waals surface area contributed by atoms with Crippen molar-refractivity contribution >= 4 is 39.5 Å². The number of hydrogen-bond acceptors (Lipinski definition) is 6. The monoisotopic (exact) mass is 384 g/mol. The zero-order valence-corrected chi connectivity index (χ0v) is 15.2. The lowest BCUT2D eigenvalue weighted by Crippen LogP contribution is -2.08. The Morgan fingerprint density at radius 2 is 2.22 bits per heavy atom. The van der Waals surface area contributed by atoms with Crippen LogP contribution in [0.15, 0.2) is 34.5 Å². The summed E-state index contributed by atoms with van der Waals surface area (Å²) in [6.07, 6.45) is 3.05. The van der Waals surface area contributed by atoms with Crippen LogP contribution in [-0.2, 0) is 12.8 Å². The molecule has 2 aromatic heterocycles. The number of thiophene rings is 1. The van der Waals surface area contributed by atoms with E-state index in [-0.39, 0.29) is 17.3 Å². The Morgan fingerprint density at radius 3 is 3.00 bits per heavy atom. The molecule has 0 unspecified atom stereocenters. The van der Waals surface area contributed by atoms with Gasteiger partial charge in [0.15, 0.2) is 5.69 Å². The second-order valence-electron chi connectivity index (χ2n) is 6.72. The number of nitro benzene ring substituents is 1. The molecule has 2 heterocycles. The highest BCUT2D eigenvalue weighted by molar-refractivity contribution is 7.14. The molecule has 9 heteroatoms. The number of aromatic hydroxyl groups is 1. The Kier molecular flexibility index (Phi) is 4.23. The maximum Gasteiger partial charge on any atom is 0.305 e. The molecule has 1 aliphatic carbocycles. The molecule has 3 aromatic rings. The Balaban J connectivity index is 1.64. The Labute approximate surface area is 157 Å². The van der Waals surface area contributed by atoms with Crippen molar-refractivity contribution in [2.75, 3.05) is 0 Å². The Bertz CT molecular complexity index is 1100. The molecule has 2 N–H and O–H groups in total. The van der Waals surface area contributed by atoms with Crippen LogP contribution in [0, 0.1) is 16.0 Å². The van der Waals surface area contributed by atoms with Gasteiger partial charge in [-0.3, -0.25) is 14.9 Å². The molecular weight excluding hydrogens is 368 g/mol. The van der Waals surface area contributed by atoms with Crippen LogP contribution in [0.1, 0.15) is 33.5 Å². The molecule has 4 rings (SSSR count). The molecule has 0 fully saturated rings. The molecule has 0 spiro atoms. The maximum absolute atomic E-state index is 12.4. The summed E-state index contributed by atoms with van der Waals surface area (Å²) < 4.78 is 0. The van der Waals surface area contributed by atoms with Gasteiger partial charge in [0.1, 0.15) is 0 Å². The summed E-state index contributed by atoms with van der Waals surface area (Å²) in [7, 11) is 0. The van der Waals surface area contributed by atoms with Gasteiger partial charge in [-0.15, -0.1) is 21.6 Å². The number of hydrogen-bond donors (Lipinski definition) is 2. The van der Waals surface area contributed by atoms with Gasteiger partial charge >= 0.3 is 5.91 Å². The molecule has 27 heavy (non-hydrogen) atoms. The van der Waals surface area contributed by atoms with E-state index in [9.17, 15) is 20.0 Å². The van der Waals surface area contributed by atoms with E-state index in [0.29, 0.717) is 21.7 Å². The van der Waals surface area contributed by atoms with Crippen LogP contribution in [0.3, 0.4) is 0 Å². The molecule has 1 aliphatic rings. The van der Waals surface area contributed by atoms with Gasteiger partial charge in [-0.25, -0.2) is 0 Å². The molecule has 0 bridgehead atoms. The summed E-state index contributed by atoms with van der Waals surface area (Å²) in [5, 5.41) is 28.9. The minimum atomic E-state index is -0.535. The van der Waals surface area contributed by atoms with E-state index in [1.807, 2.05) is 6.07 Å². The van der Waals surface area contributed by atoms with Crippen molar-refractivity contribution in [3.8, 4) is 5.88 Å². The molecule has 0 saturated carbocycles. The van der Waals surface area contributed by atoms with Gasteiger partial charge in [0.25, 0.3) is 5.69 Å². The molecule has 0 radical (unpaired) electrons. The second-order valence-corrected chi connectivity index (χ2v) is 7.86. The molecule has 0 aliphatic heterocycles. The standard InChI is InChI=1S/C18H16N4O4S/c1-9-2-5-14-10(6-9)7-15(27-14)17(23)21-20-16-12-8-11(22(25)26)3-4-13(12)19-18(16)24/h3-4,7-9,19,24H,2,5-6H2,1H3/t9-/m0/s1. The van der Waals surface area contributed by atoms with E-state index in [1.165, 1.54) is 40.0 Å². The number of rotatable bonds is 3. The maximum atomic E-state index is 12.4. The van der Waals surface area contributed by atoms with Crippen molar-refractivity contribution in [2.45, 2.75) is 26.2 Å². The number of aromatic nitrogens is 1. The molecule has 1 aromatic carbocycles. The molecular formula is C18H16N4O4S. The number of nitrogens with zero attached hydrogens (tertiary/aromatic N) is 3. The van der Waals surface area contributed by atoms with Crippen LogP contribution in [0.2, 0.25) is 0 Å². The van der Waals surface area contributed by atoms with Crippen molar-refractivity contribution in [2.24, 2.45) is 16.1 Å². The summed E-state index contributed by atoms with van der Waals surface area (Å²) >= 11 is 1.43. The van der Waals surface area contributed by atoms with Crippen LogP contribution in [0.4, 0.5) is 11.4 Å². The second kappa shape index (κ2) is 6.58. The van der Waals surface area contributed by atoms with Crippen molar-refractivity contribution in [3.05, 3.63) is 49.7 Å². The number of carbonyl (C=O) groups is 1. The zero-order chi connectivity index (χ0) is 19.1. The normalized spacial score (nSPS) is 16.7. The predicted molar refractivity (Wildman–Crippen MR) is 101 cm³/mol. The summed E-state index contributed by atoms with van der Waals surface area (Å²) in [6, 6.07) is 5.95. The first kappa shape index (κ1) is 17.3. The lowest BCUT2D eigenvalue weighted by molar-refractivity contribution is -0.384. The van der Waals surface area contributed by atoms with Crippen LogP contribution >= 0.6 is 11.3 Å².